The maximum Gasteiger partial charge on any atom is 0.322 e. The minimum atomic E-state index is -0.897. The molecule has 0 saturated carbocycles. The first-order valence-electron chi connectivity index (χ1n) is 6.26. The topological polar surface area (TPSA) is 90.5 Å². The molecule has 18 heavy (non-hydrogen) atoms. The fourth-order valence-electron chi connectivity index (χ4n) is 2.93. The van der Waals surface area contributed by atoms with Gasteiger partial charge in [-0.25, -0.2) is 4.79 Å². The summed E-state index contributed by atoms with van der Waals surface area (Å²) in [7, 11) is 0. The van der Waals surface area contributed by atoms with Crippen molar-refractivity contribution in [1.82, 2.24) is 20.9 Å². The highest BCUT2D eigenvalue weighted by Gasteiger charge is 2.52. The van der Waals surface area contributed by atoms with Gasteiger partial charge in [-0.15, -0.1) is 0 Å². The van der Waals surface area contributed by atoms with Crippen LogP contribution in [0.4, 0.5) is 4.79 Å². The summed E-state index contributed by atoms with van der Waals surface area (Å²) >= 11 is 0. The van der Waals surface area contributed by atoms with Crippen LogP contribution in [-0.2, 0) is 9.59 Å². The van der Waals surface area contributed by atoms with E-state index in [1.807, 2.05) is 0 Å². The first-order valence-corrected chi connectivity index (χ1v) is 6.26. The van der Waals surface area contributed by atoms with Crippen LogP contribution in [0.25, 0.3) is 0 Å². The summed E-state index contributed by atoms with van der Waals surface area (Å²) in [5.74, 6) is -0.277. The molecule has 3 rings (SSSR count). The summed E-state index contributed by atoms with van der Waals surface area (Å²) in [6.07, 6.45) is 2.34. The van der Waals surface area contributed by atoms with Gasteiger partial charge in [0.2, 0.25) is 5.91 Å². The molecule has 3 fully saturated rings. The molecule has 3 aliphatic heterocycles. The van der Waals surface area contributed by atoms with Gasteiger partial charge in [0.1, 0.15) is 5.54 Å². The Morgan fingerprint density at radius 3 is 2.83 bits per heavy atom. The second kappa shape index (κ2) is 3.94. The number of hydrogen-bond acceptors (Lipinski definition) is 4. The highest BCUT2D eigenvalue weighted by Crippen LogP contribution is 2.25. The zero-order valence-electron chi connectivity index (χ0n) is 9.99. The standard InChI is InChI=1S/C11H16N4O3/c16-8(7-2-1-4-12-7)15-5-3-11(6-15)9(17)13-10(18)14-11/h7,12H,1-6H2,(H2,13,14,17,18)/t7-,11?/m0/s1. The maximum absolute atomic E-state index is 12.2. The number of imide groups is 1. The molecule has 7 nitrogen and oxygen atoms in total. The molecule has 4 amide bonds. The number of rotatable bonds is 1. The van der Waals surface area contributed by atoms with Crippen molar-refractivity contribution in [3.05, 3.63) is 0 Å². The number of likely N-dealkylation sites (tertiary alicyclic amines) is 1. The van der Waals surface area contributed by atoms with Crippen molar-refractivity contribution in [3.8, 4) is 0 Å². The summed E-state index contributed by atoms with van der Waals surface area (Å²) in [6, 6.07) is -0.589. The van der Waals surface area contributed by atoms with E-state index >= 15 is 0 Å². The Morgan fingerprint density at radius 2 is 2.22 bits per heavy atom. The first-order chi connectivity index (χ1) is 8.61. The molecule has 0 bridgehead atoms. The van der Waals surface area contributed by atoms with Crippen LogP contribution in [0.5, 0.6) is 0 Å². The molecule has 0 aromatic heterocycles. The molecule has 0 aromatic rings. The lowest BCUT2D eigenvalue weighted by atomic mass is 9.99. The molecular formula is C11H16N4O3. The molecule has 7 heteroatoms. The van der Waals surface area contributed by atoms with Crippen LogP contribution in [0.2, 0.25) is 0 Å². The Balaban J connectivity index is 1.69. The number of amides is 4. The highest BCUT2D eigenvalue weighted by atomic mass is 16.2. The summed E-state index contributed by atoms with van der Waals surface area (Å²) in [5, 5.41) is 8.03. The van der Waals surface area contributed by atoms with Crippen molar-refractivity contribution in [1.29, 1.82) is 0 Å². The number of urea groups is 1. The maximum atomic E-state index is 12.2. The predicted molar refractivity (Wildman–Crippen MR) is 61.6 cm³/mol. The monoisotopic (exact) mass is 252 g/mol. The van der Waals surface area contributed by atoms with Crippen molar-refractivity contribution in [2.45, 2.75) is 30.8 Å². The number of nitrogens with zero attached hydrogens (tertiary/aromatic N) is 1. The Labute approximate surface area is 104 Å². The molecule has 3 saturated heterocycles. The lowest BCUT2D eigenvalue weighted by Crippen LogP contribution is -2.51. The summed E-state index contributed by atoms with van der Waals surface area (Å²) in [6.45, 7) is 1.67. The number of hydrogen-bond donors (Lipinski definition) is 3. The molecule has 0 aliphatic carbocycles. The molecule has 1 spiro atoms. The zero-order valence-corrected chi connectivity index (χ0v) is 9.99. The fraction of sp³-hybridized carbons (Fsp3) is 0.727. The van der Waals surface area contributed by atoms with E-state index in [1.54, 1.807) is 4.90 Å². The molecule has 0 radical (unpaired) electrons. The molecule has 3 heterocycles. The summed E-state index contributed by atoms with van der Waals surface area (Å²) in [5.41, 5.74) is -0.897. The van der Waals surface area contributed by atoms with Crippen LogP contribution in [0.1, 0.15) is 19.3 Å². The quantitative estimate of drug-likeness (QED) is 0.498. The van der Waals surface area contributed by atoms with Gasteiger partial charge in [0.25, 0.3) is 5.91 Å². The molecule has 98 valence electrons. The number of nitrogens with one attached hydrogen (secondary N) is 3. The van der Waals surface area contributed by atoms with Gasteiger partial charge >= 0.3 is 6.03 Å². The Bertz CT molecular complexity index is 419. The third-order valence-electron chi connectivity index (χ3n) is 3.95. The van der Waals surface area contributed by atoms with Crippen LogP contribution < -0.4 is 16.0 Å². The normalized spacial score (nSPS) is 35.1. The lowest BCUT2D eigenvalue weighted by Gasteiger charge is -2.23. The zero-order chi connectivity index (χ0) is 12.8. The molecule has 0 aromatic carbocycles. The van der Waals surface area contributed by atoms with Gasteiger partial charge in [-0.05, 0) is 25.8 Å². The van der Waals surface area contributed by atoms with Gasteiger partial charge in [0.15, 0.2) is 0 Å². The largest absolute Gasteiger partial charge is 0.338 e. The van der Waals surface area contributed by atoms with Crippen molar-refractivity contribution in [3.63, 3.8) is 0 Å². The summed E-state index contributed by atoms with van der Waals surface area (Å²) in [4.78, 5) is 36.8. The van der Waals surface area contributed by atoms with Crippen molar-refractivity contribution >= 4 is 17.8 Å². The van der Waals surface area contributed by atoms with Crippen molar-refractivity contribution < 1.29 is 14.4 Å². The van der Waals surface area contributed by atoms with E-state index < -0.39 is 11.6 Å². The SMILES string of the molecule is O=C1NC(=O)C2(CCN(C(=O)[C@@H]3CCCN3)C2)N1. The molecule has 3 N–H and O–H groups in total. The van der Waals surface area contributed by atoms with E-state index in [1.165, 1.54) is 0 Å². The van der Waals surface area contributed by atoms with E-state index in [0.717, 1.165) is 19.4 Å². The predicted octanol–water partition coefficient (Wildman–Crippen LogP) is -1.45. The Morgan fingerprint density at radius 1 is 1.39 bits per heavy atom. The van der Waals surface area contributed by atoms with E-state index in [9.17, 15) is 14.4 Å². The Hall–Kier alpha value is -1.63. The van der Waals surface area contributed by atoms with Crippen LogP contribution in [-0.4, -0.2) is 54.0 Å². The molecule has 2 atom stereocenters. The Kier molecular flexibility index (Phi) is 2.51. The number of carbonyl (C=O) groups is 3. The third kappa shape index (κ3) is 1.66. The van der Waals surface area contributed by atoms with E-state index in [4.69, 9.17) is 0 Å². The van der Waals surface area contributed by atoms with Crippen molar-refractivity contribution in [2.24, 2.45) is 0 Å². The fourth-order valence-corrected chi connectivity index (χ4v) is 2.93. The van der Waals surface area contributed by atoms with Gasteiger partial charge in [-0.3, -0.25) is 14.9 Å². The average Bonchev–Trinajstić information content (AvgIpc) is 3.01. The second-order valence-corrected chi connectivity index (χ2v) is 5.15. The smallest absolute Gasteiger partial charge is 0.322 e. The number of carbonyl (C=O) groups excluding carboxylic acids is 3. The molecule has 1 unspecified atom stereocenters. The van der Waals surface area contributed by atoms with Gasteiger partial charge in [-0.2, -0.15) is 0 Å². The van der Waals surface area contributed by atoms with E-state index in [-0.39, 0.29) is 24.4 Å². The van der Waals surface area contributed by atoms with Crippen LogP contribution in [0, 0.1) is 0 Å². The van der Waals surface area contributed by atoms with E-state index in [0.29, 0.717) is 13.0 Å². The molecule has 3 aliphatic rings. The summed E-state index contributed by atoms with van der Waals surface area (Å²) < 4.78 is 0. The van der Waals surface area contributed by atoms with Gasteiger partial charge in [0, 0.05) is 6.54 Å². The van der Waals surface area contributed by atoms with E-state index in [2.05, 4.69) is 16.0 Å². The van der Waals surface area contributed by atoms with Gasteiger partial charge in [-0.1, -0.05) is 0 Å². The minimum Gasteiger partial charge on any atom is -0.338 e. The highest BCUT2D eigenvalue weighted by molar-refractivity contribution is 6.07. The average molecular weight is 252 g/mol. The molecular weight excluding hydrogens is 236 g/mol. The third-order valence-corrected chi connectivity index (χ3v) is 3.95. The first kappa shape index (κ1) is 11.5. The van der Waals surface area contributed by atoms with Crippen LogP contribution >= 0.6 is 0 Å². The minimum absolute atomic E-state index is 0.0401. The van der Waals surface area contributed by atoms with Gasteiger partial charge < -0.3 is 15.5 Å². The van der Waals surface area contributed by atoms with Gasteiger partial charge in [0.05, 0.1) is 12.6 Å². The van der Waals surface area contributed by atoms with Crippen LogP contribution in [0.3, 0.4) is 0 Å². The lowest BCUT2D eigenvalue weighted by molar-refractivity contribution is -0.132. The van der Waals surface area contributed by atoms with Crippen molar-refractivity contribution in [2.75, 3.05) is 19.6 Å². The van der Waals surface area contributed by atoms with Crippen LogP contribution in [0.15, 0.2) is 0 Å². The second-order valence-electron chi connectivity index (χ2n) is 5.15.